The van der Waals surface area contributed by atoms with Gasteiger partial charge in [-0.25, -0.2) is 0 Å². The maximum absolute atomic E-state index is 12.8. The van der Waals surface area contributed by atoms with Crippen LogP contribution >= 0.6 is 0 Å². The Morgan fingerprint density at radius 3 is 2.28 bits per heavy atom. The highest BCUT2D eigenvalue weighted by Crippen LogP contribution is 2.19. The molecule has 2 N–H and O–H groups in total. The van der Waals surface area contributed by atoms with E-state index in [1.807, 2.05) is 56.3 Å². The van der Waals surface area contributed by atoms with E-state index in [0.717, 1.165) is 37.2 Å². The van der Waals surface area contributed by atoms with Gasteiger partial charge in [-0.1, -0.05) is 43.2 Å². The Hall–Kier alpha value is -2.66. The quantitative estimate of drug-likeness (QED) is 0.766. The molecule has 0 bridgehead atoms. The highest BCUT2D eigenvalue weighted by Gasteiger charge is 2.23. The fraction of sp³-hybridized carbons (Fsp3) is 0.417. The Morgan fingerprint density at radius 2 is 1.59 bits per heavy atom. The molecule has 0 spiro atoms. The first-order valence-electron chi connectivity index (χ1n) is 10.6. The standard InChI is InChI=1S/C24H31N3O2/c1-18(25-23(28)19(2)27-15-8-3-4-9-16-27)21-13-10-14-22(17-21)26-24(29)20-11-6-5-7-12-20/h5-7,10-14,17-19H,3-4,8-9,15-16H2,1-2H3,(H,25,28)(H,26,29). The second kappa shape index (κ2) is 10.2. The van der Waals surface area contributed by atoms with Gasteiger partial charge in [-0.15, -0.1) is 0 Å². The molecule has 1 saturated heterocycles. The van der Waals surface area contributed by atoms with Crippen LogP contribution in [0.2, 0.25) is 0 Å². The minimum Gasteiger partial charge on any atom is -0.348 e. The van der Waals surface area contributed by atoms with E-state index in [1.165, 1.54) is 12.8 Å². The maximum Gasteiger partial charge on any atom is 0.255 e. The molecule has 29 heavy (non-hydrogen) atoms. The largest absolute Gasteiger partial charge is 0.348 e. The van der Waals surface area contributed by atoms with Crippen molar-refractivity contribution in [1.82, 2.24) is 10.2 Å². The molecular formula is C24H31N3O2. The molecule has 1 aliphatic heterocycles. The zero-order valence-electron chi connectivity index (χ0n) is 17.4. The van der Waals surface area contributed by atoms with Gasteiger partial charge in [-0.2, -0.15) is 0 Å². The average molecular weight is 394 g/mol. The molecular weight excluding hydrogens is 362 g/mol. The summed E-state index contributed by atoms with van der Waals surface area (Å²) in [6, 6.07) is 16.5. The van der Waals surface area contributed by atoms with Crippen LogP contribution in [0.15, 0.2) is 54.6 Å². The van der Waals surface area contributed by atoms with Crippen LogP contribution in [0, 0.1) is 0 Å². The summed E-state index contributed by atoms with van der Waals surface area (Å²) < 4.78 is 0. The number of carbonyl (C=O) groups excluding carboxylic acids is 2. The molecule has 2 amide bonds. The lowest BCUT2D eigenvalue weighted by atomic mass is 10.1. The van der Waals surface area contributed by atoms with Crippen LogP contribution in [0.1, 0.15) is 61.5 Å². The van der Waals surface area contributed by atoms with E-state index in [0.29, 0.717) is 5.56 Å². The Labute approximate surface area is 173 Å². The lowest BCUT2D eigenvalue weighted by molar-refractivity contribution is -0.126. The molecule has 0 aromatic heterocycles. The summed E-state index contributed by atoms with van der Waals surface area (Å²) in [6.07, 6.45) is 4.83. The molecule has 0 radical (unpaired) electrons. The SMILES string of the molecule is CC(NC(=O)C(C)N1CCCCCC1)c1cccc(NC(=O)c2ccccc2)c1. The van der Waals surface area contributed by atoms with Crippen LogP contribution in [0.3, 0.4) is 0 Å². The van der Waals surface area contributed by atoms with Crippen LogP contribution in [0.5, 0.6) is 0 Å². The van der Waals surface area contributed by atoms with Crippen molar-refractivity contribution in [3.63, 3.8) is 0 Å². The topological polar surface area (TPSA) is 61.4 Å². The number of hydrogen-bond donors (Lipinski definition) is 2. The van der Waals surface area contributed by atoms with Gasteiger partial charge in [0.2, 0.25) is 5.91 Å². The van der Waals surface area contributed by atoms with Gasteiger partial charge in [-0.05, 0) is 69.6 Å². The maximum atomic E-state index is 12.8. The summed E-state index contributed by atoms with van der Waals surface area (Å²) in [4.78, 5) is 27.4. The third-order valence-electron chi connectivity index (χ3n) is 5.61. The first-order chi connectivity index (χ1) is 14.0. The summed E-state index contributed by atoms with van der Waals surface area (Å²) in [5.41, 5.74) is 2.30. The Kier molecular flexibility index (Phi) is 7.42. The molecule has 2 unspecified atom stereocenters. The van der Waals surface area contributed by atoms with Crippen molar-refractivity contribution in [2.24, 2.45) is 0 Å². The lowest BCUT2D eigenvalue weighted by Crippen LogP contribution is -2.46. The number of benzene rings is 2. The molecule has 0 aliphatic carbocycles. The molecule has 2 aromatic carbocycles. The van der Waals surface area contributed by atoms with Gasteiger partial charge in [-0.3, -0.25) is 14.5 Å². The molecule has 5 nitrogen and oxygen atoms in total. The van der Waals surface area contributed by atoms with E-state index in [-0.39, 0.29) is 23.9 Å². The molecule has 0 saturated carbocycles. The van der Waals surface area contributed by atoms with Crippen LogP contribution < -0.4 is 10.6 Å². The van der Waals surface area contributed by atoms with Crippen LogP contribution in [0.4, 0.5) is 5.69 Å². The van der Waals surface area contributed by atoms with Crippen molar-refractivity contribution in [2.75, 3.05) is 18.4 Å². The predicted octanol–water partition coefficient (Wildman–Crippen LogP) is 4.38. The highest BCUT2D eigenvalue weighted by molar-refractivity contribution is 6.04. The molecule has 2 aromatic rings. The number of nitrogens with zero attached hydrogens (tertiary/aromatic N) is 1. The van der Waals surface area contributed by atoms with E-state index >= 15 is 0 Å². The van der Waals surface area contributed by atoms with Crippen LogP contribution in [-0.2, 0) is 4.79 Å². The highest BCUT2D eigenvalue weighted by atomic mass is 16.2. The van der Waals surface area contributed by atoms with Gasteiger partial charge in [0, 0.05) is 11.3 Å². The van der Waals surface area contributed by atoms with Crippen molar-refractivity contribution in [2.45, 2.75) is 51.6 Å². The average Bonchev–Trinajstić information content (AvgIpc) is 3.03. The molecule has 1 heterocycles. The van der Waals surface area contributed by atoms with Crippen LogP contribution in [-0.4, -0.2) is 35.8 Å². The van der Waals surface area contributed by atoms with Gasteiger partial charge >= 0.3 is 0 Å². The van der Waals surface area contributed by atoms with E-state index in [4.69, 9.17) is 0 Å². The smallest absolute Gasteiger partial charge is 0.255 e. The van der Waals surface area contributed by atoms with Gasteiger partial charge in [0.05, 0.1) is 12.1 Å². The molecule has 3 rings (SSSR count). The second-order valence-electron chi connectivity index (χ2n) is 7.80. The van der Waals surface area contributed by atoms with Crippen molar-refractivity contribution in [3.05, 3.63) is 65.7 Å². The first-order valence-corrected chi connectivity index (χ1v) is 10.6. The summed E-state index contributed by atoms with van der Waals surface area (Å²) >= 11 is 0. The number of nitrogens with one attached hydrogen (secondary N) is 2. The molecule has 2 atom stereocenters. The summed E-state index contributed by atoms with van der Waals surface area (Å²) in [7, 11) is 0. The molecule has 1 fully saturated rings. The summed E-state index contributed by atoms with van der Waals surface area (Å²) in [5, 5.41) is 6.06. The Balaban J connectivity index is 1.60. The van der Waals surface area contributed by atoms with Crippen molar-refractivity contribution in [3.8, 4) is 0 Å². The molecule has 5 heteroatoms. The number of anilines is 1. The van der Waals surface area contributed by atoms with E-state index in [1.54, 1.807) is 12.1 Å². The number of hydrogen-bond acceptors (Lipinski definition) is 3. The zero-order chi connectivity index (χ0) is 20.6. The lowest BCUT2D eigenvalue weighted by Gasteiger charge is -2.28. The first kappa shape index (κ1) is 21.1. The fourth-order valence-corrected chi connectivity index (χ4v) is 3.74. The van der Waals surface area contributed by atoms with Gasteiger partial charge in [0.15, 0.2) is 0 Å². The monoisotopic (exact) mass is 393 g/mol. The van der Waals surface area contributed by atoms with Gasteiger partial charge < -0.3 is 10.6 Å². The van der Waals surface area contributed by atoms with Crippen LogP contribution in [0.25, 0.3) is 0 Å². The Bertz CT molecular complexity index is 814. The third kappa shape index (κ3) is 5.91. The van der Waals surface area contributed by atoms with E-state index in [9.17, 15) is 9.59 Å². The van der Waals surface area contributed by atoms with Crippen molar-refractivity contribution < 1.29 is 9.59 Å². The molecule has 154 valence electrons. The van der Waals surface area contributed by atoms with Gasteiger partial charge in [0.25, 0.3) is 5.91 Å². The van der Waals surface area contributed by atoms with E-state index < -0.39 is 0 Å². The zero-order valence-corrected chi connectivity index (χ0v) is 17.4. The van der Waals surface area contributed by atoms with Crippen molar-refractivity contribution >= 4 is 17.5 Å². The van der Waals surface area contributed by atoms with Crippen molar-refractivity contribution in [1.29, 1.82) is 0 Å². The molecule has 1 aliphatic rings. The second-order valence-corrected chi connectivity index (χ2v) is 7.80. The number of likely N-dealkylation sites (tertiary alicyclic amines) is 1. The minimum atomic E-state index is -0.144. The minimum absolute atomic E-state index is 0.0538. The normalized spacial score (nSPS) is 17.0. The number of rotatable bonds is 6. The third-order valence-corrected chi connectivity index (χ3v) is 5.61. The Morgan fingerprint density at radius 1 is 0.897 bits per heavy atom. The predicted molar refractivity (Wildman–Crippen MR) is 117 cm³/mol. The fourth-order valence-electron chi connectivity index (χ4n) is 3.74. The summed E-state index contributed by atoms with van der Waals surface area (Å²) in [5.74, 6) is -0.0904. The van der Waals surface area contributed by atoms with E-state index in [2.05, 4.69) is 15.5 Å². The van der Waals surface area contributed by atoms with Gasteiger partial charge in [0.1, 0.15) is 0 Å². The summed E-state index contributed by atoms with van der Waals surface area (Å²) in [6.45, 7) is 5.95. The number of carbonyl (C=O) groups is 2. The number of amides is 2.